The summed E-state index contributed by atoms with van der Waals surface area (Å²) in [6.07, 6.45) is 1.05. The molecule has 0 heterocycles. The number of benzene rings is 2. The lowest BCUT2D eigenvalue weighted by Gasteiger charge is -2.24. The molecular weight excluding hydrogens is 372 g/mol. The van der Waals surface area contributed by atoms with Gasteiger partial charge >= 0.3 is 0 Å². The zero-order valence-electron chi connectivity index (χ0n) is 15.3. The number of amides is 1. The SMILES string of the molecule is Cc1ccc([C@@H](C)NC(=O)CN(c2ccccc2Cl)S(C)(=O)=O)cc1C. The van der Waals surface area contributed by atoms with E-state index >= 15 is 0 Å². The second kappa shape index (κ2) is 8.10. The molecule has 0 aliphatic carbocycles. The van der Waals surface area contributed by atoms with Gasteiger partial charge < -0.3 is 5.32 Å². The van der Waals surface area contributed by atoms with E-state index in [1.807, 2.05) is 39.0 Å². The van der Waals surface area contributed by atoms with Crippen LogP contribution in [0.25, 0.3) is 0 Å². The monoisotopic (exact) mass is 394 g/mol. The number of sulfonamides is 1. The minimum atomic E-state index is -3.66. The minimum absolute atomic E-state index is 0.241. The highest BCUT2D eigenvalue weighted by Crippen LogP contribution is 2.27. The highest BCUT2D eigenvalue weighted by molar-refractivity contribution is 7.92. The Morgan fingerprint density at radius 3 is 2.38 bits per heavy atom. The van der Waals surface area contributed by atoms with Gasteiger partial charge in [-0.2, -0.15) is 0 Å². The molecule has 2 aromatic carbocycles. The third-order valence-electron chi connectivity index (χ3n) is 4.22. The number of aryl methyl sites for hydroxylation is 2. The van der Waals surface area contributed by atoms with Gasteiger partial charge in [-0.25, -0.2) is 8.42 Å². The molecule has 0 bridgehead atoms. The van der Waals surface area contributed by atoms with Crippen LogP contribution in [0.2, 0.25) is 5.02 Å². The summed E-state index contributed by atoms with van der Waals surface area (Å²) in [6, 6.07) is 12.3. The molecule has 0 radical (unpaired) electrons. The molecule has 1 atom stereocenters. The second-order valence-corrected chi connectivity index (χ2v) is 8.67. The molecule has 26 heavy (non-hydrogen) atoms. The number of para-hydroxylation sites is 1. The van der Waals surface area contributed by atoms with Crippen molar-refractivity contribution in [2.45, 2.75) is 26.8 Å². The maximum atomic E-state index is 12.5. The predicted octanol–water partition coefficient (Wildman–Crippen LogP) is 3.60. The average Bonchev–Trinajstić information content (AvgIpc) is 2.55. The molecule has 140 valence electrons. The molecule has 7 heteroatoms. The van der Waals surface area contributed by atoms with Crippen molar-refractivity contribution in [1.82, 2.24) is 5.32 Å². The maximum absolute atomic E-state index is 12.5. The largest absolute Gasteiger partial charge is 0.348 e. The van der Waals surface area contributed by atoms with E-state index in [1.165, 1.54) is 5.56 Å². The summed E-state index contributed by atoms with van der Waals surface area (Å²) in [5.74, 6) is -0.402. The van der Waals surface area contributed by atoms with Crippen molar-refractivity contribution in [3.05, 3.63) is 64.2 Å². The van der Waals surface area contributed by atoms with Gasteiger partial charge in [0, 0.05) is 0 Å². The van der Waals surface area contributed by atoms with Crippen molar-refractivity contribution in [1.29, 1.82) is 0 Å². The first-order valence-corrected chi connectivity index (χ1v) is 10.4. The van der Waals surface area contributed by atoms with E-state index < -0.39 is 15.9 Å². The van der Waals surface area contributed by atoms with Crippen molar-refractivity contribution in [2.75, 3.05) is 17.1 Å². The summed E-state index contributed by atoms with van der Waals surface area (Å²) in [6.45, 7) is 5.56. The number of hydrogen-bond acceptors (Lipinski definition) is 3. The fourth-order valence-corrected chi connectivity index (χ4v) is 3.73. The van der Waals surface area contributed by atoms with E-state index in [-0.39, 0.29) is 23.3 Å². The molecule has 0 unspecified atom stereocenters. The third-order valence-corrected chi connectivity index (χ3v) is 5.66. The van der Waals surface area contributed by atoms with Gasteiger partial charge in [-0.05, 0) is 49.6 Å². The number of halogens is 1. The van der Waals surface area contributed by atoms with E-state index in [0.29, 0.717) is 0 Å². The van der Waals surface area contributed by atoms with E-state index in [0.717, 1.165) is 21.7 Å². The standard InChI is InChI=1S/C19H23ClN2O3S/c1-13-9-10-16(11-14(13)2)15(3)21-19(23)12-22(26(4,24)25)18-8-6-5-7-17(18)20/h5-11,15H,12H2,1-4H3,(H,21,23)/t15-/m1/s1. The molecule has 2 rings (SSSR count). The average molecular weight is 395 g/mol. The van der Waals surface area contributed by atoms with Gasteiger partial charge in [0.15, 0.2) is 0 Å². The predicted molar refractivity (Wildman–Crippen MR) is 106 cm³/mol. The van der Waals surface area contributed by atoms with Gasteiger partial charge in [-0.3, -0.25) is 9.10 Å². The Bertz CT molecular complexity index is 913. The van der Waals surface area contributed by atoms with Crippen molar-refractivity contribution >= 4 is 33.2 Å². The summed E-state index contributed by atoms with van der Waals surface area (Å²) in [4.78, 5) is 12.5. The molecule has 0 aromatic heterocycles. The molecule has 0 saturated heterocycles. The number of rotatable bonds is 6. The molecule has 0 fully saturated rings. The van der Waals surface area contributed by atoms with Crippen molar-refractivity contribution in [3.8, 4) is 0 Å². The van der Waals surface area contributed by atoms with Crippen LogP contribution < -0.4 is 9.62 Å². The fraction of sp³-hybridized carbons (Fsp3) is 0.316. The first-order valence-electron chi connectivity index (χ1n) is 8.18. The van der Waals surface area contributed by atoms with Crippen molar-refractivity contribution in [2.24, 2.45) is 0 Å². The van der Waals surface area contributed by atoms with Crippen LogP contribution in [0.15, 0.2) is 42.5 Å². The first-order chi connectivity index (χ1) is 12.1. The van der Waals surface area contributed by atoms with Crippen LogP contribution >= 0.6 is 11.6 Å². The molecule has 0 aliphatic heterocycles. The summed E-state index contributed by atoms with van der Waals surface area (Å²) in [7, 11) is -3.66. The van der Waals surface area contributed by atoms with Crippen LogP contribution in [-0.4, -0.2) is 27.1 Å². The Morgan fingerprint density at radius 1 is 1.15 bits per heavy atom. The van der Waals surface area contributed by atoms with Crippen LogP contribution in [-0.2, 0) is 14.8 Å². The number of nitrogens with zero attached hydrogens (tertiary/aromatic N) is 1. The lowest BCUT2D eigenvalue weighted by Crippen LogP contribution is -2.41. The Kier molecular flexibility index (Phi) is 6.31. The van der Waals surface area contributed by atoms with E-state index in [9.17, 15) is 13.2 Å². The molecule has 0 aliphatic rings. The van der Waals surface area contributed by atoms with Crippen LogP contribution in [0.3, 0.4) is 0 Å². The highest BCUT2D eigenvalue weighted by atomic mass is 35.5. The normalized spacial score (nSPS) is 12.5. The number of nitrogens with one attached hydrogen (secondary N) is 1. The zero-order valence-corrected chi connectivity index (χ0v) is 16.9. The van der Waals surface area contributed by atoms with Crippen LogP contribution in [0.1, 0.15) is 29.7 Å². The van der Waals surface area contributed by atoms with Gasteiger partial charge in [0.25, 0.3) is 0 Å². The Labute approximate surface area is 160 Å². The molecular formula is C19H23ClN2O3S. The fourth-order valence-electron chi connectivity index (χ4n) is 2.57. The number of carbonyl (C=O) groups excluding carboxylic acids is 1. The van der Waals surface area contributed by atoms with Crippen LogP contribution in [0.4, 0.5) is 5.69 Å². The third kappa shape index (κ3) is 4.99. The number of hydrogen-bond donors (Lipinski definition) is 1. The molecule has 1 amide bonds. The Hall–Kier alpha value is -2.05. The smallest absolute Gasteiger partial charge is 0.241 e. The van der Waals surface area contributed by atoms with Gasteiger partial charge in [-0.1, -0.05) is 41.9 Å². The van der Waals surface area contributed by atoms with Gasteiger partial charge in [0.1, 0.15) is 6.54 Å². The molecule has 5 nitrogen and oxygen atoms in total. The minimum Gasteiger partial charge on any atom is -0.348 e. The second-order valence-electron chi connectivity index (χ2n) is 6.35. The van der Waals surface area contributed by atoms with E-state index in [1.54, 1.807) is 24.3 Å². The van der Waals surface area contributed by atoms with E-state index in [4.69, 9.17) is 11.6 Å². The quantitative estimate of drug-likeness (QED) is 0.813. The Morgan fingerprint density at radius 2 is 1.81 bits per heavy atom. The summed E-state index contributed by atoms with van der Waals surface area (Å²) in [5.41, 5.74) is 3.56. The topological polar surface area (TPSA) is 66.5 Å². The van der Waals surface area contributed by atoms with Gasteiger partial charge in [0.05, 0.1) is 23.0 Å². The summed E-state index contributed by atoms with van der Waals surface area (Å²) >= 11 is 6.10. The van der Waals surface area contributed by atoms with Crippen LogP contribution in [0, 0.1) is 13.8 Å². The van der Waals surface area contributed by atoms with E-state index in [2.05, 4.69) is 5.32 Å². The van der Waals surface area contributed by atoms with Gasteiger partial charge in [0.2, 0.25) is 15.9 Å². The molecule has 0 saturated carbocycles. The van der Waals surface area contributed by atoms with Crippen molar-refractivity contribution < 1.29 is 13.2 Å². The number of carbonyl (C=O) groups is 1. The maximum Gasteiger partial charge on any atom is 0.241 e. The van der Waals surface area contributed by atoms with Crippen molar-refractivity contribution in [3.63, 3.8) is 0 Å². The lowest BCUT2D eigenvalue weighted by atomic mass is 10.0. The van der Waals surface area contributed by atoms with Crippen LogP contribution in [0.5, 0.6) is 0 Å². The lowest BCUT2D eigenvalue weighted by molar-refractivity contribution is -0.120. The molecule has 0 spiro atoms. The molecule has 1 N–H and O–H groups in total. The zero-order chi connectivity index (χ0) is 19.5. The Balaban J connectivity index is 2.17. The number of anilines is 1. The summed E-state index contributed by atoms with van der Waals surface area (Å²) < 4.78 is 25.3. The summed E-state index contributed by atoms with van der Waals surface area (Å²) in [5, 5.41) is 3.12. The van der Waals surface area contributed by atoms with Gasteiger partial charge in [-0.15, -0.1) is 0 Å². The highest BCUT2D eigenvalue weighted by Gasteiger charge is 2.23. The molecule has 2 aromatic rings. The first kappa shape index (κ1) is 20.3.